The van der Waals surface area contributed by atoms with Gasteiger partial charge in [-0.1, -0.05) is 54.9 Å². The monoisotopic (exact) mass is 647 g/mol. The molecule has 0 bridgehead atoms. The number of halogens is 1. The van der Waals surface area contributed by atoms with Gasteiger partial charge in [-0.15, -0.1) is 0 Å². The summed E-state index contributed by atoms with van der Waals surface area (Å²) >= 11 is 6.15. The molecule has 3 amide bonds. The Kier molecular flexibility index (Phi) is 11.4. The van der Waals surface area contributed by atoms with Crippen molar-refractivity contribution in [1.82, 2.24) is 25.2 Å². The van der Waals surface area contributed by atoms with Crippen LogP contribution in [0.4, 0.5) is 0 Å². The number of piperazine rings is 1. The third-order valence-corrected chi connectivity index (χ3v) is 9.87. The van der Waals surface area contributed by atoms with Crippen molar-refractivity contribution >= 4 is 39.3 Å². The van der Waals surface area contributed by atoms with E-state index in [0.29, 0.717) is 36.8 Å². The van der Waals surface area contributed by atoms with E-state index in [-0.39, 0.29) is 44.1 Å². The zero-order valence-electron chi connectivity index (χ0n) is 24.9. The fourth-order valence-corrected chi connectivity index (χ4v) is 7.59. The zero-order valence-corrected chi connectivity index (χ0v) is 26.5. The molecule has 3 unspecified atom stereocenters. The number of carbonyl (C=O) groups is 3. The molecule has 2 aromatic rings. The molecule has 7 N–H and O–H groups in total. The Hall–Kier alpha value is -3.07. The molecule has 2 heterocycles. The van der Waals surface area contributed by atoms with Crippen molar-refractivity contribution in [2.45, 2.75) is 62.7 Å². The number of rotatable bonds is 12. The lowest BCUT2D eigenvalue weighted by Crippen LogP contribution is -2.63. The Morgan fingerprint density at radius 2 is 1.80 bits per heavy atom. The molecule has 0 spiro atoms. The maximum atomic E-state index is 14.5. The van der Waals surface area contributed by atoms with Crippen LogP contribution in [0.15, 0.2) is 48.5 Å². The SMILES string of the molecule is CCC(CC(=O)N1CCNCC1)(NS(=O)(=O)Cc1ccccc1)C(=O)N1CC(N)CC1C(=O)NCc1cc(Cl)ccc1CN. The van der Waals surface area contributed by atoms with Gasteiger partial charge in [-0.2, -0.15) is 4.72 Å². The average molecular weight is 648 g/mol. The summed E-state index contributed by atoms with van der Waals surface area (Å²) in [7, 11) is -4.10. The van der Waals surface area contributed by atoms with Crippen LogP contribution in [0.25, 0.3) is 0 Å². The molecule has 0 saturated carbocycles. The number of nitrogens with two attached hydrogens (primary N) is 2. The van der Waals surface area contributed by atoms with Crippen molar-refractivity contribution in [2.75, 3.05) is 32.7 Å². The van der Waals surface area contributed by atoms with E-state index in [1.54, 1.807) is 60.4 Å². The zero-order chi connectivity index (χ0) is 31.9. The quantitative estimate of drug-likeness (QED) is 0.220. The third kappa shape index (κ3) is 8.34. The van der Waals surface area contributed by atoms with E-state index in [1.165, 1.54) is 4.90 Å². The highest BCUT2D eigenvalue weighted by Gasteiger charge is 2.50. The molecule has 0 aliphatic carbocycles. The molecule has 2 aromatic carbocycles. The van der Waals surface area contributed by atoms with Gasteiger partial charge in [0.25, 0.3) is 0 Å². The number of nitrogens with zero attached hydrogens (tertiary/aromatic N) is 2. The van der Waals surface area contributed by atoms with E-state index in [4.69, 9.17) is 23.1 Å². The van der Waals surface area contributed by atoms with E-state index < -0.39 is 45.9 Å². The van der Waals surface area contributed by atoms with E-state index in [2.05, 4.69) is 15.4 Å². The highest BCUT2D eigenvalue weighted by atomic mass is 35.5. The Labute approximate surface area is 263 Å². The molecular formula is C30H42ClN7O5S. The van der Waals surface area contributed by atoms with Gasteiger partial charge >= 0.3 is 0 Å². The van der Waals surface area contributed by atoms with Gasteiger partial charge in [0.15, 0.2) is 0 Å². The van der Waals surface area contributed by atoms with Gasteiger partial charge < -0.3 is 31.9 Å². The Morgan fingerprint density at radius 3 is 2.45 bits per heavy atom. The molecule has 14 heteroatoms. The minimum absolute atomic E-state index is 0.0138. The Morgan fingerprint density at radius 1 is 1.09 bits per heavy atom. The van der Waals surface area contributed by atoms with Crippen molar-refractivity contribution in [2.24, 2.45) is 11.5 Å². The van der Waals surface area contributed by atoms with E-state index in [0.717, 1.165) is 11.1 Å². The molecule has 44 heavy (non-hydrogen) atoms. The van der Waals surface area contributed by atoms with Crippen molar-refractivity contribution in [3.63, 3.8) is 0 Å². The van der Waals surface area contributed by atoms with Crippen LogP contribution >= 0.6 is 11.6 Å². The van der Waals surface area contributed by atoms with Gasteiger partial charge in [0.1, 0.15) is 11.6 Å². The van der Waals surface area contributed by atoms with Crippen LogP contribution < -0.4 is 26.8 Å². The highest BCUT2D eigenvalue weighted by molar-refractivity contribution is 7.88. The summed E-state index contributed by atoms with van der Waals surface area (Å²) in [6, 6.07) is 12.3. The molecule has 0 aromatic heterocycles. The van der Waals surface area contributed by atoms with E-state index >= 15 is 0 Å². The van der Waals surface area contributed by atoms with Crippen molar-refractivity contribution in [3.05, 3.63) is 70.2 Å². The minimum atomic E-state index is -4.10. The fraction of sp³-hybridized carbons (Fsp3) is 0.500. The van der Waals surface area contributed by atoms with E-state index in [1.807, 2.05) is 0 Å². The largest absolute Gasteiger partial charge is 0.350 e. The van der Waals surface area contributed by atoms with Crippen molar-refractivity contribution in [1.29, 1.82) is 0 Å². The predicted octanol–water partition coefficient (Wildman–Crippen LogP) is 0.433. The third-order valence-electron chi connectivity index (χ3n) is 8.22. The summed E-state index contributed by atoms with van der Waals surface area (Å²) in [6.07, 6.45) is -0.224. The molecule has 2 aliphatic heterocycles. The number of benzene rings is 2. The molecule has 0 radical (unpaired) electrons. The van der Waals surface area contributed by atoms with Crippen molar-refractivity contribution < 1.29 is 22.8 Å². The number of hydrogen-bond acceptors (Lipinski definition) is 8. The lowest BCUT2D eigenvalue weighted by atomic mass is 9.90. The first-order chi connectivity index (χ1) is 21.0. The molecule has 3 atom stereocenters. The first-order valence-corrected chi connectivity index (χ1v) is 16.9. The minimum Gasteiger partial charge on any atom is -0.350 e. The normalized spacial score (nSPS) is 20.3. The lowest BCUT2D eigenvalue weighted by Gasteiger charge is -2.39. The number of carbonyl (C=O) groups excluding carboxylic acids is 3. The van der Waals surface area contributed by atoms with Crippen LogP contribution in [0.1, 0.15) is 42.9 Å². The number of hydrogen-bond donors (Lipinski definition) is 5. The Balaban J connectivity index is 1.61. The summed E-state index contributed by atoms with van der Waals surface area (Å²) in [5.74, 6) is -1.82. The van der Waals surface area contributed by atoms with Crippen LogP contribution in [-0.4, -0.2) is 86.3 Å². The lowest BCUT2D eigenvalue weighted by molar-refractivity contribution is -0.147. The standard InChI is InChI=1S/C30H42ClN7O5S/c1-2-30(16-27(39)37-12-10-34-11-13-37,36-44(42,43)20-21-6-4-3-5-7-21)29(41)38-19-25(33)15-26(38)28(40)35-18-23-14-24(31)9-8-22(23)17-32/h3-9,14,25-26,34,36H,2,10-13,15-20,32-33H2,1H3,(H,35,40). The molecule has 2 saturated heterocycles. The number of nitrogens with one attached hydrogen (secondary N) is 3. The van der Waals surface area contributed by atoms with Gasteiger partial charge in [-0.25, -0.2) is 8.42 Å². The number of likely N-dealkylation sites (tertiary alicyclic amines) is 1. The van der Waals surface area contributed by atoms with Gasteiger partial charge in [0.05, 0.1) is 12.2 Å². The second kappa shape index (κ2) is 14.8. The summed E-state index contributed by atoms with van der Waals surface area (Å²) < 4.78 is 29.7. The van der Waals surface area contributed by atoms with Crippen molar-refractivity contribution in [3.8, 4) is 0 Å². The van der Waals surface area contributed by atoms with Crippen LogP contribution in [0.5, 0.6) is 0 Å². The smallest absolute Gasteiger partial charge is 0.245 e. The second-order valence-electron chi connectivity index (χ2n) is 11.4. The molecule has 12 nitrogen and oxygen atoms in total. The summed E-state index contributed by atoms with van der Waals surface area (Å²) in [5, 5.41) is 6.55. The predicted molar refractivity (Wildman–Crippen MR) is 169 cm³/mol. The summed E-state index contributed by atoms with van der Waals surface area (Å²) in [5.41, 5.74) is 12.4. The van der Waals surface area contributed by atoms with Gasteiger partial charge in [0.2, 0.25) is 27.7 Å². The average Bonchev–Trinajstić information content (AvgIpc) is 3.41. The first kappa shape index (κ1) is 33.8. The maximum absolute atomic E-state index is 14.5. The van der Waals surface area contributed by atoms with Crippen LogP contribution in [-0.2, 0) is 43.2 Å². The first-order valence-electron chi connectivity index (χ1n) is 14.8. The molecular weight excluding hydrogens is 606 g/mol. The van der Waals surface area contributed by atoms with Crippen LogP contribution in [0.2, 0.25) is 5.02 Å². The van der Waals surface area contributed by atoms with Gasteiger partial charge in [-0.3, -0.25) is 14.4 Å². The molecule has 4 rings (SSSR count). The molecule has 2 fully saturated rings. The van der Waals surface area contributed by atoms with E-state index in [9.17, 15) is 22.8 Å². The Bertz CT molecular complexity index is 1440. The van der Waals surface area contributed by atoms with Crippen LogP contribution in [0.3, 0.4) is 0 Å². The summed E-state index contributed by atoms with van der Waals surface area (Å²) in [4.78, 5) is 44.5. The summed E-state index contributed by atoms with van der Waals surface area (Å²) in [6.45, 7) is 4.16. The number of sulfonamides is 1. The van der Waals surface area contributed by atoms with Gasteiger partial charge in [-0.05, 0) is 41.7 Å². The van der Waals surface area contributed by atoms with Crippen LogP contribution in [0, 0.1) is 0 Å². The molecule has 240 valence electrons. The molecule has 2 aliphatic rings. The highest BCUT2D eigenvalue weighted by Crippen LogP contribution is 2.28. The van der Waals surface area contributed by atoms with Gasteiger partial charge in [0, 0.05) is 56.9 Å². The maximum Gasteiger partial charge on any atom is 0.245 e. The second-order valence-corrected chi connectivity index (χ2v) is 13.6. The number of amides is 3. The fourth-order valence-electron chi connectivity index (χ4n) is 5.79. The topological polar surface area (TPSA) is 180 Å².